The van der Waals surface area contributed by atoms with E-state index in [1.807, 2.05) is 42.7 Å². The van der Waals surface area contributed by atoms with Crippen molar-refractivity contribution < 1.29 is 28.5 Å². The molecule has 8 heteroatoms. The van der Waals surface area contributed by atoms with Crippen LogP contribution in [0.2, 0.25) is 0 Å². The zero-order valence-electron chi connectivity index (χ0n) is 18.2. The lowest BCUT2D eigenvalue weighted by Crippen LogP contribution is -2.33. The number of rotatable bonds is 7. The van der Waals surface area contributed by atoms with Crippen molar-refractivity contribution in [3.63, 3.8) is 0 Å². The fraction of sp³-hybridized carbons (Fsp3) is 0.292. The van der Waals surface area contributed by atoms with Crippen LogP contribution in [0.25, 0.3) is 0 Å². The summed E-state index contributed by atoms with van der Waals surface area (Å²) in [5.74, 6) is 0.853. The number of fused-ring (bicyclic) bond motifs is 1. The number of pyridine rings is 1. The second kappa shape index (κ2) is 9.13. The van der Waals surface area contributed by atoms with E-state index in [2.05, 4.69) is 4.98 Å². The number of ether oxygens (including phenoxy) is 4. The predicted octanol–water partition coefficient (Wildman–Crippen LogP) is 3.39. The Morgan fingerprint density at radius 2 is 1.94 bits per heavy atom. The number of nitrogens with zero attached hydrogens (tertiary/aromatic N) is 2. The van der Waals surface area contributed by atoms with Crippen LogP contribution in [0.3, 0.4) is 0 Å². The molecular weight excluding hydrogens is 412 g/mol. The third-order valence-corrected chi connectivity index (χ3v) is 5.34. The zero-order valence-corrected chi connectivity index (χ0v) is 18.2. The van der Waals surface area contributed by atoms with E-state index in [0.29, 0.717) is 30.3 Å². The number of Topliss-reactive ketones (excluding diaryl/α,β-unsaturated/α-hetero) is 1. The smallest absolute Gasteiger partial charge is 0.338 e. The molecule has 3 heterocycles. The average Bonchev–Trinajstić information content (AvgIpc) is 3.10. The van der Waals surface area contributed by atoms with Gasteiger partial charge in [-0.05, 0) is 38.1 Å². The van der Waals surface area contributed by atoms with Gasteiger partial charge in [0.2, 0.25) is 11.7 Å². The Labute approximate surface area is 185 Å². The van der Waals surface area contributed by atoms with Gasteiger partial charge in [0, 0.05) is 29.2 Å². The molecule has 1 aliphatic rings. The van der Waals surface area contributed by atoms with E-state index >= 15 is 0 Å². The largest absolute Gasteiger partial charge is 0.486 e. The fourth-order valence-corrected chi connectivity index (χ4v) is 3.66. The minimum Gasteiger partial charge on any atom is -0.486 e. The van der Waals surface area contributed by atoms with E-state index in [1.54, 1.807) is 6.07 Å². The van der Waals surface area contributed by atoms with Crippen molar-refractivity contribution in [2.45, 2.75) is 26.5 Å². The zero-order chi connectivity index (χ0) is 22.7. The summed E-state index contributed by atoms with van der Waals surface area (Å²) in [4.78, 5) is 29.0. The van der Waals surface area contributed by atoms with Crippen LogP contribution in [0.1, 0.15) is 32.1 Å². The van der Waals surface area contributed by atoms with Gasteiger partial charge in [0.1, 0.15) is 6.61 Å². The van der Waals surface area contributed by atoms with Crippen molar-refractivity contribution in [2.75, 3.05) is 20.3 Å². The molecule has 0 saturated heterocycles. The minimum absolute atomic E-state index is 0.183. The number of ketones is 1. The van der Waals surface area contributed by atoms with E-state index in [0.717, 1.165) is 17.1 Å². The molecule has 32 heavy (non-hydrogen) atoms. The van der Waals surface area contributed by atoms with E-state index < -0.39 is 5.97 Å². The molecule has 3 aromatic rings. The molecule has 166 valence electrons. The van der Waals surface area contributed by atoms with Crippen LogP contribution in [-0.2, 0) is 11.3 Å². The molecule has 0 aliphatic carbocycles. The molecule has 0 spiro atoms. The van der Waals surface area contributed by atoms with Gasteiger partial charge in [-0.2, -0.15) is 0 Å². The number of esters is 1. The Morgan fingerprint density at radius 3 is 2.72 bits per heavy atom. The van der Waals surface area contributed by atoms with Crippen molar-refractivity contribution in [2.24, 2.45) is 0 Å². The predicted molar refractivity (Wildman–Crippen MR) is 116 cm³/mol. The highest BCUT2D eigenvalue weighted by molar-refractivity contribution is 6.00. The second-order valence-corrected chi connectivity index (χ2v) is 7.48. The van der Waals surface area contributed by atoms with Gasteiger partial charge in [0.05, 0.1) is 19.2 Å². The monoisotopic (exact) mass is 436 g/mol. The third kappa shape index (κ3) is 4.44. The standard InChI is InChI=1S/C24H24N2O6/c1-15-10-19(20(27)14-31-24(28)17-8-9-25-23(11-17)29-3)16(2)26(15)12-18-13-30-21-6-4-5-7-22(21)32-18/h4-11,18H,12-14H2,1-3H3. The lowest BCUT2D eigenvalue weighted by molar-refractivity contribution is 0.0474. The molecule has 0 bridgehead atoms. The Bertz CT molecular complexity index is 1150. The summed E-state index contributed by atoms with van der Waals surface area (Å²) < 4.78 is 24.1. The molecule has 0 radical (unpaired) electrons. The van der Waals surface area contributed by atoms with Crippen LogP contribution >= 0.6 is 0 Å². The van der Waals surface area contributed by atoms with Gasteiger partial charge in [0.25, 0.3) is 0 Å². The highest BCUT2D eigenvalue weighted by Crippen LogP contribution is 2.31. The molecule has 4 rings (SSSR count). The summed E-state index contributed by atoms with van der Waals surface area (Å²) in [5.41, 5.74) is 2.49. The molecular formula is C24H24N2O6. The molecule has 1 atom stereocenters. The van der Waals surface area contributed by atoms with Crippen molar-refractivity contribution in [3.8, 4) is 17.4 Å². The van der Waals surface area contributed by atoms with Gasteiger partial charge >= 0.3 is 5.97 Å². The van der Waals surface area contributed by atoms with E-state index in [1.165, 1.54) is 25.4 Å². The molecule has 0 fully saturated rings. The minimum atomic E-state index is -0.612. The van der Waals surface area contributed by atoms with E-state index in [9.17, 15) is 9.59 Å². The van der Waals surface area contributed by atoms with Crippen LogP contribution in [0.15, 0.2) is 48.7 Å². The molecule has 2 aromatic heterocycles. The summed E-state index contributed by atoms with van der Waals surface area (Å²) >= 11 is 0. The summed E-state index contributed by atoms with van der Waals surface area (Å²) in [6.45, 7) is 4.40. The first-order valence-electron chi connectivity index (χ1n) is 10.2. The average molecular weight is 436 g/mol. The Balaban J connectivity index is 1.41. The molecule has 0 amide bonds. The number of hydrogen-bond acceptors (Lipinski definition) is 7. The molecule has 0 N–H and O–H groups in total. The molecule has 0 saturated carbocycles. The third-order valence-electron chi connectivity index (χ3n) is 5.34. The van der Waals surface area contributed by atoms with Crippen molar-refractivity contribution in [3.05, 3.63) is 71.2 Å². The first kappa shape index (κ1) is 21.4. The van der Waals surface area contributed by atoms with Crippen LogP contribution < -0.4 is 14.2 Å². The Hall–Kier alpha value is -3.81. The number of hydrogen-bond donors (Lipinski definition) is 0. The second-order valence-electron chi connectivity index (χ2n) is 7.48. The van der Waals surface area contributed by atoms with Gasteiger partial charge in [-0.15, -0.1) is 0 Å². The molecule has 1 aromatic carbocycles. The maximum Gasteiger partial charge on any atom is 0.338 e. The summed E-state index contributed by atoms with van der Waals surface area (Å²) in [7, 11) is 1.46. The quantitative estimate of drug-likeness (QED) is 0.414. The lowest BCUT2D eigenvalue weighted by atomic mass is 10.1. The van der Waals surface area contributed by atoms with E-state index in [4.69, 9.17) is 18.9 Å². The Morgan fingerprint density at radius 1 is 1.16 bits per heavy atom. The highest BCUT2D eigenvalue weighted by Gasteiger charge is 2.24. The van der Waals surface area contributed by atoms with Crippen molar-refractivity contribution in [1.82, 2.24) is 9.55 Å². The number of benzene rings is 1. The van der Waals surface area contributed by atoms with Gasteiger partial charge in [-0.25, -0.2) is 9.78 Å². The summed E-state index contributed by atoms with van der Waals surface area (Å²) in [5, 5.41) is 0. The number of aryl methyl sites for hydroxylation is 1. The summed E-state index contributed by atoms with van der Waals surface area (Å²) in [6.07, 6.45) is 1.26. The van der Waals surface area contributed by atoms with Gasteiger partial charge in [0.15, 0.2) is 24.2 Å². The molecule has 8 nitrogen and oxygen atoms in total. The van der Waals surface area contributed by atoms with Crippen LogP contribution in [0.5, 0.6) is 17.4 Å². The van der Waals surface area contributed by atoms with Crippen LogP contribution in [-0.4, -0.2) is 47.7 Å². The normalized spacial score (nSPS) is 14.7. The maximum absolute atomic E-state index is 12.8. The maximum atomic E-state index is 12.8. The van der Waals surface area contributed by atoms with Crippen molar-refractivity contribution >= 4 is 11.8 Å². The highest BCUT2D eigenvalue weighted by atomic mass is 16.6. The molecule has 1 aliphatic heterocycles. The number of methoxy groups -OCH3 is 1. The first-order chi connectivity index (χ1) is 15.5. The number of carbonyl (C=O) groups excluding carboxylic acids is 2. The van der Waals surface area contributed by atoms with Gasteiger partial charge in [-0.3, -0.25) is 4.79 Å². The fourth-order valence-electron chi connectivity index (χ4n) is 3.66. The van der Waals surface area contributed by atoms with Crippen LogP contribution in [0, 0.1) is 13.8 Å². The van der Waals surface area contributed by atoms with Crippen LogP contribution in [0.4, 0.5) is 0 Å². The topological polar surface area (TPSA) is 88.9 Å². The first-order valence-corrected chi connectivity index (χ1v) is 10.2. The lowest BCUT2D eigenvalue weighted by Gasteiger charge is -2.27. The van der Waals surface area contributed by atoms with E-state index in [-0.39, 0.29) is 24.1 Å². The summed E-state index contributed by atoms with van der Waals surface area (Å²) in [6, 6.07) is 12.3. The van der Waals surface area contributed by atoms with Crippen molar-refractivity contribution in [1.29, 1.82) is 0 Å². The van der Waals surface area contributed by atoms with Gasteiger partial charge in [-0.1, -0.05) is 12.1 Å². The number of carbonyl (C=O) groups is 2. The SMILES string of the molecule is COc1cc(C(=O)OCC(=O)c2cc(C)n(CC3COc4ccccc4O3)c2C)ccn1. The Kier molecular flexibility index (Phi) is 6.11. The number of para-hydroxylation sites is 2. The number of aromatic nitrogens is 2. The molecule has 1 unspecified atom stereocenters. The van der Waals surface area contributed by atoms with Gasteiger partial charge < -0.3 is 23.5 Å².